The van der Waals surface area contributed by atoms with Crippen LogP contribution in [0.25, 0.3) is 183 Å². The van der Waals surface area contributed by atoms with Gasteiger partial charge in [0.05, 0.1) is 33.4 Å². The Morgan fingerprint density at radius 1 is 0.195 bits per heavy atom. The van der Waals surface area contributed by atoms with Gasteiger partial charge in [-0.15, -0.1) is 22.7 Å². The van der Waals surface area contributed by atoms with Crippen molar-refractivity contribution in [2.24, 2.45) is 0 Å². The van der Waals surface area contributed by atoms with Crippen molar-refractivity contribution < 1.29 is 0 Å². The molecular formula is C112H72N4S2. The van der Waals surface area contributed by atoms with Gasteiger partial charge in [0.1, 0.15) is 0 Å². The first-order chi connectivity index (χ1) is 58.5. The van der Waals surface area contributed by atoms with Gasteiger partial charge in [-0.1, -0.05) is 303 Å². The smallest absolute Gasteiger partial charge is 0.0556 e. The molecule has 4 heterocycles. The van der Waals surface area contributed by atoms with Crippen LogP contribution < -0.4 is 9.80 Å². The number of fused-ring (bicyclic) bond motifs is 18. The highest BCUT2D eigenvalue weighted by Gasteiger charge is 2.24. The van der Waals surface area contributed by atoms with E-state index in [-0.39, 0.29) is 0 Å². The predicted molar refractivity (Wildman–Crippen MR) is 508 cm³/mol. The van der Waals surface area contributed by atoms with Crippen molar-refractivity contribution in [1.29, 1.82) is 0 Å². The van der Waals surface area contributed by atoms with Crippen LogP contribution in [0.5, 0.6) is 0 Å². The molecule has 0 bridgehead atoms. The number of hydrogen-bond donors (Lipinski definition) is 0. The lowest BCUT2D eigenvalue weighted by Crippen LogP contribution is -2.10. The Balaban J connectivity index is 0.000000138. The summed E-state index contributed by atoms with van der Waals surface area (Å²) < 4.78 is 10.3. The number of para-hydroxylation sites is 4. The number of nitrogens with zero attached hydrogens (tertiary/aromatic N) is 4. The lowest BCUT2D eigenvalue weighted by molar-refractivity contribution is 1.18. The molecule has 0 unspecified atom stereocenters. The summed E-state index contributed by atoms with van der Waals surface area (Å²) in [5.74, 6) is 0. The van der Waals surface area contributed by atoms with E-state index in [2.05, 4.69) is 456 Å². The van der Waals surface area contributed by atoms with E-state index in [1.807, 2.05) is 22.7 Å². The van der Waals surface area contributed by atoms with Crippen LogP contribution in [0.3, 0.4) is 0 Å². The predicted octanol–water partition coefficient (Wildman–Crippen LogP) is 32.5. The fourth-order valence-electron chi connectivity index (χ4n) is 18.4. The first-order valence-electron chi connectivity index (χ1n) is 40.3. The molecule has 0 saturated heterocycles. The Morgan fingerprint density at radius 3 is 1.08 bits per heavy atom. The molecule has 0 aliphatic heterocycles. The molecule has 0 fully saturated rings. The van der Waals surface area contributed by atoms with E-state index in [0.717, 1.165) is 39.8 Å². The quantitative estimate of drug-likeness (QED) is 0.121. The molecular weight excluding hydrogens is 1470 g/mol. The van der Waals surface area contributed by atoms with Crippen LogP contribution in [-0.4, -0.2) is 9.13 Å². The van der Waals surface area contributed by atoms with Gasteiger partial charge in [0.2, 0.25) is 0 Å². The monoisotopic (exact) mass is 1540 g/mol. The number of aromatic nitrogens is 2. The zero-order valence-electron chi connectivity index (χ0n) is 64.2. The normalized spacial score (nSPS) is 11.7. The molecule has 24 rings (SSSR count). The Kier molecular flexibility index (Phi) is 16.6. The molecule has 0 spiro atoms. The first kappa shape index (κ1) is 68.7. The van der Waals surface area contributed by atoms with Crippen molar-refractivity contribution in [2.45, 2.75) is 0 Å². The van der Waals surface area contributed by atoms with Crippen LogP contribution in [-0.2, 0) is 0 Å². The molecule has 24 aromatic rings. The minimum atomic E-state index is 1.11. The van der Waals surface area contributed by atoms with Crippen LogP contribution >= 0.6 is 22.7 Å². The summed E-state index contributed by atoms with van der Waals surface area (Å²) in [4.78, 5) is 4.72. The fourth-order valence-corrected chi connectivity index (χ4v) is 20.9. The van der Waals surface area contributed by atoms with Crippen LogP contribution in [0.4, 0.5) is 34.1 Å². The second-order valence-electron chi connectivity index (χ2n) is 30.6. The maximum absolute atomic E-state index is 2.48. The number of rotatable bonds is 12. The van der Waals surface area contributed by atoms with Gasteiger partial charge in [0.25, 0.3) is 0 Å². The summed E-state index contributed by atoms with van der Waals surface area (Å²) in [7, 11) is 0. The third-order valence-electron chi connectivity index (χ3n) is 24.0. The maximum Gasteiger partial charge on any atom is 0.0556 e. The molecule has 6 heteroatoms. The van der Waals surface area contributed by atoms with Gasteiger partial charge < -0.3 is 18.9 Å². The molecule has 0 atom stereocenters. The van der Waals surface area contributed by atoms with Gasteiger partial charge in [-0.3, -0.25) is 0 Å². The second kappa shape index (κ2) is 28.6. The lowest BCUT2D eigenvalue weighted by atomic mass is 9.96. The van der Waals surface area contributed by atoms with Crippen molar-refractivity contribution in [3.05, 3.63) is 437 Å². The number of hydrogen-bond acceptors (Lipinski definition) is 4. The molecule has 4 nitrogen and oxygen atoms in total. The van der Waals surface area contributed by atoms with E-state index < -0.39 is 0 Å². The van der Waals surface area contributed by atoms with E-state index >= 15 is 0 Å². The molecule has 20 aromatic carbocycles. The van der Waals surface area contributed by atoms with Gasteiger partial charge in [0.15, 0.2) is 0 Å². The average Bonchev–Trinajstić information content (AvgIpc) is 1.57. The number of anilines is 6. The zero-order chi connectivity index (χ0) is 77.7. The first-order valence-corrected chi connectivity index (χ1v) is 42.0. The van der Waals surface area contributed by atoms with E-state index in [1.165, 1.54) is 177 Å². The third kappa shape index (κ3) is 11.6. The summed E-state index contributed by atoms with van der Waals surface area (Å²) >= 11 is 3.80. The van der Waals surface area contributed by atoms with Gasteiger partial charge in [-0.25, -0.2) is 0 Å². The van der Waals surface area contributed by atoms with Crippen molar-refractivity contribution in [1.82, 2.24) is 9.13 Å². The Bertz CT molecular complexity index is 8040. The summed E-state index contributed by atoms with van der Waals surface area (Å²) in [6.07, 6.45) is 0. The molecule has 118 heavy (non-hydrogen) atoms. The van der Waals surface area contributed by atoms with Gasteiger partial charge in [0, 0.05) is 107 Å². The van der Waals surface area contributed by atoms with E-state index in [1.54, 1.807) is 0 Å². The molecule has 0 radical (unpaired) electrons. The van der Waals surface area contributed by atoms with Crippen molar-refractivity contribution >= 4 is 184 Å². The van der Waals surface area contributed by atoms with Crippen LogP contribution in [0.1, 0.15) is 0 Å². The van der Waals surface area contributed by atoms with Crippen molar-refractivity contribution in [3.63, 3.8) is 0 Å². The maximum atomic E-state index is 2.48. The standard InChI is InChI=1S/2C56H36N2S/c1-2-14-42(15-3-1)57(43-28-24-38(25-29-43)41-23-22-37-12-4-5-13-40(37)36-41)52-34-32-45(46-16-6-7-17-47(46)52)39-26-30-44(31-27-39)58-51-20-10-8-19-50(51)55-53(58)35-33-49-48-18-9-11-21-54(48)59-56(49)55;1-2-14-42(15-3-1)57(43-28-24-38(25-29-43)41-23-22-37-12-4-5-13-40(37)36-41)44-30-26-39(27-31-44)45-32-34-52(47-17-7-6-16-46(45)47)58-51-20-10-8-19-50(51)55-53(58)35-33-49-48-18-9-11-21-54(48)59-56(49)55/h2*1-36H. The molecule has 0 aliphatic carbocycles. The molecule has 552 valence electrons. The van der Waals surface area contributed by atoms with Crippen LogP contribution in [0.2, 0.25) is 0 Å². The third-order valence-corrected chi connectivity index (χ3v) is 26.4. The highest BCUT2D eigenvalue weighted by Crippen LogP contribution is 2.49. The van der Waals surface area contributed by atoms with Crippen molar-refractivity contribution in [3.8, 4) is 55.9 Å². The van der Waals surface area contributed by atoms with Crippen LogP contribution in [0, 0.1) is 0 Å². The molecule has 0 N–H and O–H groups in total. The van der Waals surface area contributed by atoms with Crippen molar-refractivity contribution in [2.75, 3.05) is 9.80 Å². The summed E-state index contributed by atoms with van der Waals surface area (Å²) in [5, 5.41) is 20.4. The molecule has 0 amide bonds. The number of thiophene rings is 2. The van der Waals surface area contributed by atoms with E-state index in [9.17, 15) is 0 Å². The lowest BCUT2D eigenvalue weighted by Gasteiger charge is -2.27. The average molecular weight is 1540 g/mol. The number of benzene rings is 20. The highest BCUT2D eigenvalue weighted by atomic mass is 32.1. The zero-order valence-corrected chi connectivity index (χ0v) is 65.8. The molecule has 0 aliphatic rings. The van der Waals surface area contributed by atoms with Crippen LogP contribution in [0.15, 0.2) is 437 Å². The Morgan fingerprint density at radius 2 is 0.559 bits per heavy atom. The SMILES string of the molecule is c1ccc(N(c2ccc(-c3ccc4ccccc4c3)cc2)c2ccc(-c3ccc(-n4c5ccccc5c5c6sc7ccccc7c6ccc54)c4ccccc34)cc2)cc1.c1ccc(N(c2ccc(-c3ccc4ccccc4c3)cc2)c2ccc(-c3ccc(-n4c5ccccc5c5c6sc7ccccc7c6ccc54)cc3)c3ccccc23)cc1. The molecule has 0 saturated carbocycles. The summed E-state index contributed by atoms with van der Waals surface area (Å²) in [6.45, 7) is 0. The topological polar surface area (TPSA) is 16.3 Å². The largest absolute Gasteiger partial charge is 0.311 e. The highest BCUT2D eigenvalue weighted by molar-refractivity contribution is 7.27. The van der Waals surface area contributed by atoms with E-state index in [4.69, 9.17) is 0 Å². The Hall–Kier alpha value is -14.9. The van der Waals surface area contributed by atoms with Gasteiger partial charge in [-0.2, -0.15) is 0 Å². The molecule has 4 aromatic heterocycles. The fraction of sp³-hybridized carbons (Fsp3) is 0. The van der Waals surface area contributed by atoms with Gasteiger partial charge >= 0.3 is 0 Å². The second-order valence-corrected chi connectivity index (χ2v) is 32.7. The summed E-state index contributed by atoms with van der Waals surface area (Å²) in [5.41, 5.74) is 23.6. The Labute approximate surface area is 690 Å². The van der Waals surface area contributed by atoms with Gasteiger partial charge in [-0.05, 0) is 210 Å². The minimum absolute atomic E-state index is 1.11. The summed E-state index contributed by atoms with van der Waals surface area (Å²) in [6, 6.07) is 159. The van der Waals surface area contributed by atoms with E-state index in [0.29, 0.717) is 0 Å². The minimum Gasteiger partial charge on any atom is -0.311 e.